The lowest BCUT2D eigenvalue weighted by molar-refractivity contribution is 0.188. The molecule has 104 valence electrons. The second-order valence-corrected chi connectivity index (χ2v) is 6.06. The summed E-state index contributed by atoms with van der Waals surface area (Å²) >= 11 is 0. The van der Waals surface area contributed by atoms with Crippen molar-refractivity contribution < 1.29 is 0 Å². The topological polar surface area (TPSA) is 42.2 Å². The van der Waals surface area contributed by atoms with Crippen LogP contribution in [0.1, 0.15) is 19.4 Å². The van der Waals surface area contributed by atoms with Crippen LogP contribution in [0.3, 0.4) is 0 Å². The molecule has 0 saturated heterocycles. The van der Waals surface area contributed by atoms with Crippen LogP contribution in [0.4, 0.5) is 17.1 Å². The molecule has 1 atom stereocenters. The number of quaternary nitrogens is 1. The molecule has 0 radical (unpaired) electrons. The van der Waals surface area contributed by atoms with Gasteiger partial charge in [0.15, 0.2) is 11.4 Å². The highest BCUT2D eigenvalue weighted by Gasteiger charge is 2.54. The number of aromatic nitrogens is 1. The molecule has 0 amide bonds. The summed E-state index contributed by atoms with van der Waals surface area (Å²) in [5.41, 5.74) is 4.30. The number of pyridine rings is 1. The average Bonchev–Trinajstić information content (AvgIpc) is 2.56. The Kier molecular flexibility index (Phi) is 2.64. The van der Waals surface area contributed by atoms with E-state index in [0.29, 0.717) is 4.59 Å². The summed E-state index contributed by atoms with van der Waals surface area (Å²) in [6.45, 7) is 6.46. The number of benzene rings is 1. The summed E-state index contributed by atoms with van der Waals surface area (Å²) in [6.07, 6.45) is 3.71. The van der Waals surface area contributed by atoms with Crippen LogP contribution in [0.15, 0.2) is 42.7 Å². The highest BCUT2D eigenvalue weighted by atomic mass is 15.7. The standard InChI is InChI=1S/C16H21N4/c1-12-7-5-6-8-13(12)19-14-11-18-10-9-15(14)20(4,17)16(19,2)3/h5-11H,17H2,1-4H3/q+1. The zero-order valence-corrected chi connectivity index (χ0v) is 12.5. The number of nitrogens with zero attached hydrogens (tertiary/aromatic N) is 3. The minimum atomic E-state index is -0.280. The van der Waals surface area contributed by atoms with Crippen molar-refractivity contribution in [2.24, 2.45) is 5.84 Å². The molecule has 1 aliphatic heterocycles. The first-order valence-corrected chi connectivity index (χ1v) is 6.83. The van der Waals surface area contributed by atoms with Crippen molar-refractivity contribution in [3.05, 3.63) is 48.3 Å². The van der Waals surface area contributed by atoms with Crippen molar-refractivity contribution in [1.82, 2.24) is 9.58 Å². The summed E-state index contributed by atoms with van der Waals surface area (Å²) in [4.78, 5) is 6.58. The number of hydrogen-bond donors (Lipinski definition) is 1. The van der Waals surface area contributed by atoms with E-state index in [1.807, 2.05) is 19.3 Å². The Morgan fingerprint density at radius 2 is 1.85 bits per heavy atom. The molecule has 2 heterocycles. The Hall–Kier alpha value is -1.91. The third kappa shape index (κ3) is 1.52. The first kappa shape index (κ1) is 13.1. The van der Waals surface area contributed by atoms with Crippen LogP contribution < -0.4 is 15.3 Å². The summed E-state index contributed by atoms with van der Waals surface area (Å²) < 4.78 is 0.319. The van der Waals surface area contributed by atoms with Crippen molar-refractivity contribution in [2.75, 3.05) is 11.9 Å². The van der Waals surface area contributed by atoms with Gasteiger partial charge in [0.05, 0.1) is 18.9 Å². The van der Waals surface area contributed by atoms with Crippen LogP contribution in [0.5, 0.6) is 0 Å². The fourth-order valence-corrected chi connectivity index (χ4v) is 2.98. The van der Waals surface area contributed by atoms with Gasteiger partial charge < -0.3 is 0 Å². The Bertz CT molecular complexity index is 661. The molecule has 1 aromatic carbocycles. The van der Waals surface area contributed by atoms with E-state index in [0.717, 1.165) is 11.4 Å². The van der Waals surface area contributed by atoms with Gasteiger partial charge in [-0.2, -0.15) is 10.4 Å². The molecule has 4 nitrogen and oxygen atoms in total. The monoisotopic (exact) mass is 269 g/mol. The minimum absolute atomic E-state index is 0.280. The van der Waals surface area contributed by atoms with E-state index in [4.69, 9.17) is 5.84 Å². The van der Waals surface area contributed by atoms with E-state index >= 15 is 0 Å². The van der Waals surface area contributed by atoms with Gasteiger partial charge >= 0.3 is 0 Å². The average molecular weight is 269 g/mol. The molecule has 4 heteroatoms. The van der Waals surface area contributed by atoms with Gasteiger partial charge in [0.25, 0.3) is 0 Å². The van der Waals surface area contributed by atoms with Gasteiger partial charge in [-0.1, -0.05) is 18.2 Å². The smallest absolute Gasteiger partial charge is 0.195 e. The molecular weight excluding hydrogens is 248 g/mol. The number of anilines is 2. The molecule has 1 aliphatic rings. The van der Waals surface area contributed by atoms with Gasteiger partial charge in [-0.15, -0.1) is 0 Å². The van der Waals surface area contributed by atoms with Crippen LogP contribution >= 0.6 is 0 Å². The van der Waals surface area contributed by atoms with Gasteiger partial charge in [0.1, 0.15) is 5.69 Å². The van der Waals surface area contributed by atoms with Crippen LogP contribution in [0.25, 0.3) is 0 Å². The van der Waals surface area contributed by atoms with Crippen LogP contribution in [0.2, 0.25) is 0 Å². The number of aryl methyl sites for hydroxylation is 1. The summed E-state index contributed by atoms with van der Waals surface area (Å²) in [7, 11) is 2.04. The first-order valence-electron chi connectivity index (χ1n) is 6.83. The maximum absolute atomic E-state index is 6.61. The fourth-order valence-electron chi connectivity index (χ4n) is 2.98. The lowest BCUT2D eigenvalue weighted by Gasteiger charge is -2.41. The molecule has 3 rings (SSSR count). The van der Waals surface area contributed by atoms with E-state index < -0.39 is 0 Å². The van der Waals surface area contributed by atoms with Gasteiger partial charge in [0.2, 0.25) is 0 Å². The van der Waals surface area contributed by atoms with Gasteiger partial charge in [-0.05, 0) is 18.6 Å². The number of fused-ring (bicyclic) bond motifs is 1. The Morgan fingerprint density at radius 3 is 2.55 bits per heavy atom. The molecule has 2 aromatic rings. The molecule has 0 aliphatic carbocycles. The van der Waals surface area contributed by atoms with Crippen molar-refractivity contribution >= 4 is 17.1 Å². The second-order valence-electron chi connectivity index (χ2n) is 6.06. The maximum atomic E-state index is 6.61. The lowest BCUT2D eigenvalue weighted by atomic mass is 10.1. The van der Waals surface area contributed by atoms with Gasteiger partial charge in [-0.3, -0.25) is 9.88 Å². The van der Waals surface area contributed by atoms with Crippen LogP contribution in [-0.2, 0) is 0 Å². The molecule has 0 fully saturated rings. The zero-order valence-electron chi connectivity index (χ0n) is 12.5. The van der Waals surface area contributed by atoms with E-state index in [1.54, 1.807) is 6.20 Å². The van der Waals surface area contributed by atoms with Gasteiger partial charge in [0, 0.05) is 26.1 Å². The van der Waals surface area contributed by atoms with Gasteiger partial charge in [-0.25, -0.2) is 0 Å². The molecule has 0 bridgehead atoms. The predicted molar refractivity (Wildman–Crippen MR) is 83.5 cm³/mol. The van der Waals surface area contributed by atoms with E-state index in [1.165, 1.54) is 11.3 Å². The van der Waals surface area contributed by atoms with E-state index in [9.17, 15) is 0 Å². The maximum Gasteiger partial charge on any atom is 0.195 e. The van der Waals surface area contributed by atoms with Crippen molar-refractivity contribution in [3.63, 3.8) is 0 Å². The highest BCUT2D eigenvalue weighted by molar-refractivity contribution is 5.82. The van der Waals surface area contributed by atoms with E-state index in [2.05, 4.69) is 54.9 Å². The van der Waals surface area contributed by atoms with E-state index in [-0.39, 0.29) is 5.66 Å². The number of rotatable bonds is 1. The second kappa shape index (κ2) is 4.04. The Balaban J connectivity index is 2.29. The minimum Gasteiger partial charge on any atom is -0.281 e. The molecule has 1 unspecified atom stereocenters. The molecule has 0 saturated carbocycles. The molecule has 20 heavy (non-hydrogen) atoms. The normalized spacial score (nSPS) is 23.8. The molecule has 2 N–H and O–H groups in total. The SMILES string of the molecule is Cc1ccccc1N1c2cnccc2[N+](C)(N)C1(C)C. The zero-order chi connectivity index (χ0) is 14.5. The van der Waals surface area contributed by atoms with Crippen LogP contribution in [-0.4, -0.2) is 17.7 Å². The van der Waals surface area contributed by atoms with Crippen LogP contribution in [0, 0.1) is 6.92 Å². The third-order valence-corrected chi connectivity index (χ3v) is 4.56. The number of hydrogen-bond acceptors (Lipinski definition) is 3. The number of nitrogens with two attached hydrogens (primary N) is 1. The molecular formula is C16H21N4+. The quantitative estimate of drug-likeness (QED) is 0.639. The molecule has 0 spiro atoms. The molecule has 1 aromatic heterocycles. The summed E-state index contributed by atoms with van der Waals surface area (Å²) in [5.74, 6) is 6.61. The highest BCUT2D eigenvalue weighted by Crippen LogP contribution is 2.50. The largest absolute Gasteiger partial charge is 0.281 e. The Labute approximate surface area is 120 Å². The lowest BCUT2D eigenvalue weighted by Crippen LogP contribution is -2.67. The Morgan fingerprint density at radius 1 is 1.15 bits per heavy atom. The number of para-hydroxylation sites is 1. The summed E-state index contributed by atoms with van der Waals surface area (Å²) in [6, 6.07) is 10.4. The first-order chi connectivity index (χ1) is 9.37. The van der Waals surface area contributed by atoms with Crippen molar-refractivity contribution in [3.8, 4) is 0 Å². The predicted octanol–water partition coefficient (Wildman–Crippen LogP) is 3.09. The fraction of sp³-hybridized carbons (Fsp3) is 0.312. The third-order valence-electron chi connectivity index (χ3n) is 4.56. The van der Waals surface area contributed by atoms with Crippen molar-refractivity contribution in [1.29, 1.82) is 0 Å². The summed E-state index contributed by atoms with van der Waals surface area (Å²) in [5, 5.41) is 0. The van der Waals surface area contributed by atoms with Crippen molar-refractivity contribution in [2.45, 2.75) is 26.4 Å².